The molecule has 0 amide bonds. The van der Waals surface area contributed by atoms with Crippen molar-refractivity contribution in [3.63, 3.8) is 0 Å². The molecular formula is C15H9ClN2O2. The highest BCUT2D eigenvalue weighted by Crippen LogP contribution is 2.35. The minimum absolute atomic E-state index is 0.0686. The number of aromatic hydroxyl groups is 1. The number of hydrogen-bond donors (Lipinski definition) is 1. The van der Waals surface area contributed by atoms with Gasteiger partial charge in [0.05, 0.1) is 23.2 Å². The zero-order chi connectivity index (χ0) is 14.3. The van der Waals surface area contributed by atoms with Gasteiger partial charge in [0.25, 0.3) is 0 Å². The van der Waals surface area contributed by atoms with E-state index in [0.717, 1.165) is 10.8 Å². The van der Waals surface area contributed by atoms with E-state index in [9.17, 15) is 5.11 Å². The fraction of sp³-hybridized carbons (Fsp3) is 0.0667. The number of rotatable bonds is 1. The highest BCUT2D eigenvalue weighted by molar-refractivity contribution is 6.36. The quantitative estimate of drug-likeness (QED) is 0.693. The maximum Gasteiger partial charge on any atom is 0.161 e. The van der Waals surface area contributed by atoms with E-state index in [1.807, 2.05) is 18.2 Å². The normalized spacial score (nSPS) is 10.7. The number of hydrogen-bond acceptors (Lipinski definition) is 4. The summed E-state index contributed by atoms with van der Waals surface area (Å²) in [6.45, 7) is 0. The monoisotopic (exact) mass is 284 g/mol. The molecule has 3 aromatic rings. The Kier molecular flexibility index (Phi) is 2.85. The molecule has 2 aromatic carbocycles. The predicted octanol–water partition coefficient (Wildman–Crippen LogP) is 3.63. The van der Waals surface area contributed by atoms with Gasteiger partial charge in [-0.15, -0.1) is 0 Å². The number of phenols is 1. The van der Waals surface area contributed by atoms with Crippen molar-refractivity contribution in [3.8, 4) is 17.6 Å². The van der Waals surface area contributed by atoms with Crippen LogP contribution in [-0.4, -0.2) is 17.2 Å². The fourth-order valence-electron chi connectivity index (χ4n) is 2.16. The molecule has 20 heavy (non-hydrogen) atoms. The van der Waals surface area contributed by atoms with Gasteiger partial charge in [-0.3, -0.25) is 4.98 Å². The molecule has 0 aliphatic carbocycles. The Morgan fingerprint density at radius 3 is 2.70 bits per heavy atom. The molecule has 0 bridgehead atoms. The van der Waals surface area contributed by atoms with Gasteiger partial charge >= 0.3 is 0 Å². The van der Waals surface area contributed by atoms with E-state index >= 15 is 0 Å². The molecule has 0 unspecified atom stereocenters. The number of halogens is 1. The molecule has 0 spiro atoms. The third kappa shape index (κ3) is 1.80. The van der Waals surface area contributed by atoms with Crippen LogP contribution in [0.15, 0.2) is 30.5 Å². The van der Waals surface area contributed by atoms with E-state index in [4.69, 9.17) is 21.6 Å². The molecule has 0 radical (unpaired) electrons. The first-order chi connectivity index (χ1) is 9.63. The lowest BCUT2D eigenvalue weighted by Gasteiger charge is -2.08. The van der Waals surface area contributed by atoms with E-state index in [-0.39, 0.29) is 5.75 Å². The van der Waals surface area contributed by atoms with Crippen LogP contribution in [-0.2, 0) is 0 Å². The first-order valence-corrected chi connectivity index (χ1v) is 6.21. The van der Waals surface area contributed by atoms with Crippen molar-refractivity contribution < 1.29 is 9.84 Å². The Hall–Kier alpha value is -2.51. The fourth-order valence-corrected chi connectivity index (χ4v) is 2.41. The highest BCUT2D eigenvalue weighted by Gasteiger charge is 2.10. The molecule has 1 aromatic heterocycles. The van der Waals surface area contributed by atoms with Crippen LogP contribution in [0, 0.1) is 11.3 Å². The van der Waals surface area contributed by atoms with Gasteiger partial charge in [-0.25, -0.2) is 0 Å². The van der Waals surface area contributed by atoms with E-state index in [0.29, 0.717) is 27.2 Å². The summed E-state index contributed by atoms with van der Waals surface area (Å²) in [4.78, 5) is 4.22. The van der Waals surface area contributed by atoms with Crippen molar-refractivity contribution in [2.75, 3.05) is 7.11 Å². The third-order valence-corrected chi connectivity index (χ3v) is 3.59. The van der Waals surface area contributed by atoms with Gasteiger partial charge in [0.15, 0.2) is 11.5 Å². The molecule has 0 atom stereocenters. The smallest absolute Gasteiger partial charge is 0.161 e. The summed E-state index contributed by atoms with van der Waals surface area (Å²) in [5.41, 5.74) is 1.01. The van der Waals surface area contributed by atoms with Crippen molar-refractivity contribution >= 4 is 33.3 Å². The number of nitrogens with zero attached hydrogens (tertiary/aromatic N) is 2. The minimum Gasteiger partial charge on any atom is -0.504 e. The molecule has 1 N–H and O–H groups in total. The van der Waals surface area contributed by atoms with Crippen LogP contribution in [0.25, 0.3) is 21.7 Å². The highest BCUT2D eigenvalue weighted by atomic mass is 35.5. The van der Waals surface area contributed by atoms with Crippen molar-refractivity contribution in [1.29, 1.82) is 5.26 Å². The van der Waals surface area contributed by atoms with E-state index in [1.54, 1.807) is 12.1 Å². The second kappa shape index (κ2) is 4.55. The summed E-state index contributed by atoms with van der Waals surface area (Å²) < 4.78 is 5.09. The minimum atomic E-state index is 0.0686. The van der Waals surface area contributed by atoms with Gasteiger partial charge in [-0.2, -0.15) is 5.26 Å². The number of ether oxygens (including phenoxy) is 1. The maximum absolute atomic E-state index is 9.80. The molecule has 5 heteroatoms. The van der Waals surface area contributed by atoms with Crippen LogP contribution in [0.5, 0.6) is 11.5 Å². The summed E-state index contributed by atoms with van der Waals surface area (Å²) in [7, 11) is 1.49. The second-order valence-electron chi connectivity index (χ2n) is 4.34. The third-order valence-electron chi connectivity index (χ3n) is 3.18. The zero-order valence-electron chi connectivity index (χ0n) is 10.5. The van der Waals surface area contributed by atoms with Gasteiger partial charge in [-0.1, -0.05) is 11.6 Å². The van der Waals surface area contributed by atoms with Gasteiger partial charge in [0, 0.05) is 11.6 Å². The zero-order valence-corrected chi connectivity index (χ0v) is 11.3. The van der Waals surface area contributed by atoms with Crippen molar-refractivity contribution in [2.45, 2.75) is 0 Å². The predicted molar refractivity (Wildman–Crippen MR) is 77.2 cm³/mol. The van der Waals surface area contributed by atoms with Gasteiger partial charge < -0.3 is 9.84 Å². The lowest BCUT2D eigenvalue weighted by atomic mass is 10.0. The number of pyridine rings is 1. The summed E-state index contributed by atoms with van der Waals surface area (Å²) in [5, 5.41) is 21.5. The topological polar surface area (TPSA) is 66.1 Å². The van der Waals surface area contributed by atoms with E-state index in [1.165, 1.54) is 13.3 Å². The van der Waals surface area contributed by atoms with Crippen LogP contribution in [0.2, 0.25) is 5.02 Å². The molecule has 4 nitrogen and oxygen atoms in total. The Balaban J connectivity index is 2.41. The summed E-state index contributed by atoms with van der Waals surface area (Å²) in [5.74, 6) is 0.455. The number of nitriles is 1. The Morgan fingerprint density at radius 1 is 1.25 bits per heavy atom. The molecular weight excluding hydrogens is 276 g/mol. The van der Waals surface area contributed by atoms with Gasteiger partial charge in [0.1, 0.15) is 6.07 Å². The van der Waals surface area contributed by atoms with Crippen molar-refractivity contribution in [2.24, 2.45) is 0 Å². The van der Waals surface area contributed by atoms with Crippen LogP contribution in [0.1, 0.15) is 5.56 Å². The summed E-state index contributed by atoms with van der Waals surface area (Å²) >= 11 is 6.20. The van der Waals surface area contributed by atoms with Crippen molar-refractivity contribution in [3.05, 3.63) is 41.0 Å². The molecule has 0 aliphatic rings. The number of phenolic OH excluding ortho intramolecular Hbond substituents is 1. The first kappa shape index (κ1) is 12.5. The molecule has 0 fully saturated rings. The Bertz CT molecular complexity index is 885. The Labute approximate surface area is 119 Å². The summed E-state index contributed by atoms with van der Waals surface area (Å²) in [6, 6.07) is 8.99. The number of fused-ring (bicyclic) bond motifs is 2. The average molecular weight is 285 g/mol. The molecule has 3 rings (SSSR count). The molecule has 1 heterocycles. The van der Waals surface area contributed by atoms with Crippen LogP contribution in [0.3, 0.4) is 0 Å². The lowest BCUT2D eigenvalue weighted by molar-refractivity contribution is 0.374. The van der Waals surface area contributed by atoms with Gasteiger partial charge in [0.2, 0.25) is 0 Å². The van der Waals surface area contributed by atoms with Crippen LogP contribution in [0.4, 0.5) is 0 Å². The Morgan fingerprint density at radius 2 is 2.00 bits per heavy atom. The molecule has 0 aliphatic heterocycles. The van der Waals surface area contributed by atoms with Crippen molar-refractivity contribution in [1.82, 2.24) is 4.98 Å². The van der Waals surface area contributed by atoms with E-state index in [2.05, 4.69) is 4.98 Å². The standard InChI is InChI=1S/C15H9ClN2O2/c1-20-14-5-8-2-11-12(3-9(8)4-13(14)19)18-7-10(6-17)15(11)16/h2-5,7,19H,1H3. The first-order valence-electron chi connectivity index (χ1n) is 5.83. The second-order valence-corrected chi connectivity index (χ2v) is 4.72. The average Bonchev–Trinajstić information content (AvgIpc) is 2.45. The largest absolute Gasteiger partial charge is 0.504 e. The van der Waals surface area contributed by atoms with E-state index < -0.39 is 0 Å². The number of methoxy groups -OCH3 is 1. The number of benzene rings is 2. The maximum atomic E-state index is 9.80. The van der Waals surface area contributed by atoms with Crippen LogP contribution < -0.4 is 4.74 Å². The number of aromatic nitrogens is 1. The summed E-state index contributed by atoms with van der Waals surface area (Å²) in [6.07, 6.45) is 1.44. The molecule has 98 valence electrons. The van der Waals surface area contributed by atoms with Gasteiger partial charge in [-0.05, 0) is 35.0 Å². The lowest BCUT2D eigenvalue weighted by Crippen LogP contribution is -1.88. The SMILES string of the molecule is COc1cc2cc3c(Cl)c(C#N)cnc3cc2cc1O. The molecule has 0 saturated heterocycles. The molecule has 0 saturated carbocycles. The van der Waals surface area contributed by atoms with Crippen LogP contribution >= 0.6 is 11.6 Å².